The second-order valence-electron chi connectivity index (χ2n) is 8.82. The normalized spacial score (nSPS) is 19.1. The Morgan fingerprint density at radius 2 is 1.66 bits per heavy atom. The average Bonchev–Trinajstić information content (AvgIpc) is 3.43. The van der Waals surface area contributed by atoms with Crippen LogP contribution in [0.2, 0.25) is 0 Å². The number of fused-ring (bicyclic) bond motifs is 1. The minimum atomic E-state index is -0.397. The van der Waals surface area contributed by atoms with Crippen molar-refractivity contribution in [3.63, 3.8) is 0 Å². The Labute approximate surface area is 186 Å². The summed E-state index contributed by atoms with van der Waals surface area (Å²) >= 11 is 0. The van der Waals surface area contributed by atoms with Crippen LogP contribution in [0.3, 0.4) is 0 Å². The molecule has 166 valence electrons. The third kappa shape index (κ3) is 3.66. The van der Waals surface area contributed by atoms with E-state index >= 15 is 0 Å². The van der Waals surface area contributed by atoms with E-state index < -0.39 is 5.82 Å². The number of benzene rings is 2. The maximum atomic E-state index is 13.6. The van der Waals surface area contributed by atoms with Crippen LogP contribution in [0.25, 0.3) is 0 Å². The molecule has 3 aliphatic heterocycles. The van der Waals surface area contributed by atoms with Gasteiger partial charge in [0.1, 0.15) is 5.82 Å². The zero-order chi connectivity index (χ0) is 22.2. The molecule has 3 heterocycles. The first-order valence-electron chi connectivity index (χ1n) is 11.3. The number of imide groups is 1. The van der Waals surface area contributed by atoms with E-state index in [0.29, 0.717) is 29.8 Å². The molecule has 0 aromatic heterocycles. The molecule has 5 rings (SSSR count). The van der Waals surface area contributed by atoms with E-state index in [-0.39, 0.29) is 30.2 Å². The van der Waals surface area contributed by atoms with Crippen LogP contribution < -0.4 is 4.90 Å². The topological polar surface area (TPSA) is 60.9 Å². The number of rotatable bonds is 4. The van der Waals surface area contributed by atoms with Crippen molar-refractivity contribution in [3.8, 4) is 0 Å². The van der Waals surface area contributed by atoms with Crippen molar-refractivity contribution in [2.24, 2.45) is 5.92 Å². The van der Waals surface area contributed by atoms with Crippen LogP contribution in [-0.2, 0) is 11.3 Å². The van der Waals surface area contributed by atoms with Gasteiger partial charge in [0.2, 0.25) is 5.91 Å². The number of halogens is 1. The summed E-state index contributed by atoms with van der Waals surface area (Å²) in [5.41, 5.74) is 2.12. The molecule has 0 spiro atoms. The fourth-order valence-corrected chi connectivity index (χ4v) is 5.10. The molecular formula is C25H26FN3O3. The molecule has 0 radical (unpaired) electrons. The van der Waals surface area contributed by atoms with Crippen molar-refractivity contribution in [3.05, 3.63) is 65.0 Å². The highest BCUT2D eigenvalue weighted by Crippen LogP contribution is 2.35. The molecule has 6 nitrogen and oxygen atoms in total. The third-order valence-corrected chi connectivity index (χ3v) is 6.81. The van der Waals surface area contributed by atoms with E-state index in [2.05, 4.69) is 4.90 Å². The van der Waals surface area contributed by atoms with Gasteiger partial charge in [-0.2, -0.15) is 0 Å². The van der Waals surface area contributed by atoms with E-state index in [1.165, 1.54) is 17.0 Å². The fraction of sp³-hybridized carbons (Fsp3) is 0.400. The molecule has 7 heteroatoms. The number of carbonyl (C=O) groups is 3. The molecule has 3 aliphatic rings. The van der Waals surface area contributed by atoms with Crippen LogP contribution in [0.5, 0.6) is 0 Å². The lowest BCUT2D eigenvalue weighted by molar-refractivity contribution is -0.135. The van der Waals surface area contributed by atoms with Crippen molar-refractivity contribution in [1.29, 1.82) is 0 Å². The van der Waals surface area contributed by atoms with Gasteiger partial charge in [0.05, 0.1) is 23.4 Å². The van der Waals surface area contributed by atoms with E-state index in [0.717, 1.165) is 44.5 Å². The number of hydrogen-bond donors (Lipinski definition) is 0. The van der Waals surface area contributed by atoms with Crippen LogP contribution >= 0.6 is 0 Å². The number of hydrogen-bond acceptors (Lipinski definition) is 4. The summed E-state index contributed by atoms with van der Waals surface area (Å²) in [6.07, 6.45) is 3.66. The largest absolute Gasteiger partial charge is 0.371 e. The second kappa shape index (κ2) is 8.37. The van der Waals surface area contributed by atoms with Gasteiger partial charge in [-0.3, -0.25) is 19.3 Å². The van der Waals surface area contributed by atoms with Crippen LogP contribution in [0.1, 0.15) is 52.0 Å². The third-order valence-electron chi connectivity index (χ3n) is 6.81. The average molecular weight is 435 g/mol. The first kappa shape index (κ1) is 20.7. The number of anilines is 1. The zero-order valence-electron chi connectivity index (χ0n) is 17.9. The highest BCUT2D eigenvalue weighted by atomic mass is 19.1. The Balaban J connectivity index is 1.33. The Morgan fingerprint density at radius 3 is 2.38 bits per heavy atom. The minimum Gasteiger partial charge on any atom is -0.371 e. The van der Waals surface area contributed by atoms with Gasteiger partial charge in [-0.1, -0.05) is 18.2 Å². The number of likely N-dealkylation sites (tertiary alicyclic amines) is 1. The zero-order valence-corrected chi connectivity index (χ0v) is 17.9. The number of piperidine rings is 1. The van der Waals surface area contributed by atoms with Crippen molar-refractivity contribution in [2.75, 3.05) is 31.1 Å². The van der Waals surface area contributed by atoms with Crippen molar-refractivity contribution in [1.82, 2.24) is 9.80 Å². The standard InChI is InChI=1S/C25H26FN3O3/c26-19-6-3-5-17(15-19)16-29-24(31)20-7-4-8-21(22(20)25(29)32)27-13-9-18(10-14-27)23(30)28-11-1-2-12-28/h3-8,15,18H,1-2,9-14,16H2. The molecule has 3 amide bonds. The summed E-state index contributed by atoms with van der Waals surface area (Å²) in [6.45, 7) is 3.11. The molecule has 0 saturated carbocycles. The fourth-order valence-electron chi connectivity index (χ4n) is 5.10. The van der Waals surface area contributed by atoms with Crippen molar-refractivity contribution < 1.29 is 18.8 Å². The molecule has 0 unspecified atom stereocenters. The molecule has 2 fully saturated rings. The molecule has 0 aliphatic carbocycles. The van der Waals surface area contributed by atoms with Gasteiger partial charge in [0.15, 0.2) is 0 Å². The lowest BCUT2D eigenvalue weighted by atomic mass is 9.94. The molecule has 0 atom stereocenters. The Hall–Kier alpha value is -3.22. The molecule has 0 bridgehead atoms. The van der Waals surface area contributed by atoms with Crippen molar-refractivity contribution >= 4 is 23.4 Å². The highest BCUT2D eigenvalue weighted by molar-refractivity contribution is 6.23. The number of nitrogens with zero attached hydrogens (tertiary/aromatic N) is 3. The predicted molar refractivity (Wildman–Crippen MR) is 118 cm³/mol. The lowest BCUT2D eigenvalue weighted by Gasteiger charge is -2.35. The summed E-state index contributed by atoms with van der Waals surface area (Å²) in [5.74, 6) is -0.808. The molecule has 32 heavy (non-hydrogen) atoms. The van der Waals surface area contributed by atoms with Gasteiger partial charge in [-0.25, -0.2) is 4.39 Å². The molecular weight excluding hydrogens is 409 g/mol. The Bertz CT molecular complexity index is 1070. The van der Waals surface area contributed by atoms with E-state index in [1.807, 2.05) is 11.0 Å². The molecule has 2 aromatic carbocycles. The van der Waals surface area contributed by atoms with Crippen LogP contribution in [0.4, 0.5) is 10.1 Å². The van der Waals surface area contributed by atoms with Gasteiger partial charge in [-0.05, 0) is 55.5 Å². The molecule has 2 saturated heterocycles. The Kier molecular flexibility index (Phi) is 5.41. The van der Waals surface area contributed by atoms with E-state index in [9.17, 15) is 18.8 Å². The van der Waals surface area contributed by atoms with Crippen LogP contribution in [0.15, 0.2) is 42.5 Å². The smallest absolute Gasteiger partial charge is 0.263 e. The SMILES string of the molecule is O=C(C1CCN(c2cccc3c2C(=O)N(Cc2cccc(F)c2)C3=O)CC1)N1CCCC1. The maximum Gasteiger partial charge on any atom is 0.263 e. The molecule has 2 aromatic rings. The minimum absolute atomic E-state index is 0.0305. The quantitative estimate of drug-likeness (QED) is 0.690. The predicted octanol–water partition coefficient (Wildman–Crippen LogP) is 3.46. The summed E-state index contributed by atoms with van der Waals surface area (Å²) in [5, 5.41) is 0. The van der Waals surface area contributed by atoms with Gasteiger partial charge in [0.25, 0.3) is 11.8 Å². The van der Waals surface area contributed by atoms with E-state index in [4.69, 9.17) is 0 Å². The van der Waals surface area contributed by atoms with Gasteiger partial charge < -0.3 is 9.80 Å². The second-order valence-corrected chi connectivity index (χ2v) is 8.82. The van der Waals surface area contributed by atoms with Crippen LogP contribution in [-0.4, -0.2) is 53.7 Å². The lowest BCUT2D eigenvalue weighted by Crippen LogP contribution is -2.42. The summed E-state index contributed by atoms with van der Waals surface area (Å²) in [4.78, 5) is 44.2. The number of amides is 3. The summed E-state index contributed by atoms with van der Waals surface area (Å²) in [6, 6.07) is 11.3. The first-order chi connectivity index (χ1) is 15.5. The van der Waals surface area contributed by atoms with Gasteiger partial charge in [0, 0.05) is 32.1 Å². The Morgan fingerprint density at radius 1 is 0.938 bits per heavy atom. The van der Waals surface area contributed by atoms with Crippen LogP contribution in [0, 0.1) is 11.7 Å². The summed E-state index contributed by atoms with van der Waals surface area (Å²) in [7, 11) is 0. The molecule has 0 N–H and O–H groups in total. The number of carbonyl (C=O) groups excluding carboxylic acids is 3. The highest BCUT2D eigenvalue weighted by Gasteiger charge is 2.39. The van der Waals surface area contributed by atoms with Gasteiger partial charge in [-0.15, -0.1) is 0 Å². The maximum absolute atomic E-state index is 13.6. The van der Waals surface area contributed by atoms with Gasteiger partial charge >= 0.3 is 0 Å². The van der Waals surface area contributed by atoms with Crippen molar-refractivity contribution in [2.45, 2.75) is 32.2 Å². The monoisotopic (exact) mass is 435 g/mol. The summed E-state index contributed by atoms with van der Waals surface area (Å²) < 4.78 is 13.6. The first-order valence-corrected chi connectivity index (χ1v) is 11.3. The van der Waals surface area contributed by atoms with E-state index in [1.54, 1.807) is 24.3 Å².